The Hall–Kier alpha value is -1.92. The van der Waals surface area contributed by atoms with Crippen molar-refractivity contribution < 1.29 is 14.3 Å². The Morgan fingerprint density at radius 3 is 3.00 bits per heavy atom. The summed E-state index contributed by atoms with van der Waals surface area (Å²) in [6, 6.07) is 3.57. The van der Waals surface area contributed by atoms with Crippen molar-refractivity contribution >= 4 is 0 Å². The Morgan fingerprint density at radius 2 is 2.30 bits per heavy atom. The van der Waals surface area contributed by atoms with Gasteiger partial charge in [0.2, 0.25) is 0 Å². The monoisotopic (exact) mass is 278 g/mol. The molecule has 0 unspecified atom stereocenters. The molecule has 6 heteroatoms. The van der Waals surface area contributed by atoms with Crippen LogP contribution < -0.4 is 5.56 Å². The molecule has 0 spiro atoms. The van der Waals surface area contributed by atoms with Crippen molar-refractivity contribution in [1.29, 1.82) is 0 Å². The van der Waals surface area contributed by atoms with E-state index in [4.69, 9.17) is 9.15 Å². The van der Waals surface area contributed by atoms with Crippen molar-refractivity contribution in [2.24, 2.45) is 0 Å². The van der Waals surface area contributed by atoms with Gasteiger partial charge in [0.15, 0.2) is 0 Å². The molecule has 0 saturated carbocycles. The van der Waals surface area contributed by atoms with Gasteiger partial charge in [-0.15, -0.1) is 0 Å². The zero-order valence-electron chi connectivity index (χ0n) is 11.6. The minimum atomic E-state index is -0.772. The molecule has 1 N–H and O–H groups in total. The van der Waals surface area contributed by atoms with Gasteiger partial charge in [-0.2, -0.15) is 0 Å². The van der Waals surface area contributed by atoms with Crippen LogP contribution in [-0.2, 0) is 17.9 Å². The molecule has 2 aromatic rings. The van der Waals surface area contributed by atoms with Gasteiger partial charge in [-0.1, -0.05) is 0 Å². The van der Waals surface area contributed by atoms with E-state index in [9.17, 15) is 9.90 Å². The topological polar surface area (TPSA) is 77.5 Å². The number of aliphatic hydroxyl groups excluding tert-OH is 1. The fraction of sp³-hybridized carbons (Fsp3) is 0.429. The van der Waals surface area contributed by atoms with Gasteiger partial charge in [0.05, 0.1) is 31.8 Å². The number of aryl methyl sites for hydroxylation is 1. The lowest BCUT2D eigenvalue weighted by atomic mass is 10.2. The first-order chi connectivity index (χ1) is 9.58. The van der Waals surface area contributed by atoms with Crippen LogP contribution >= 0.6 is 0 Å². The van der Waals surface area contributed by atoms with Gasteiger partial charge in [0.1, 0.15) is 12.4 Å². The molecule has 1 atom stereocenters. The van der Waals surface area contributed by atoms with E-state index in [1.807, 2.05) is 0 Å². The highest BCUT2D eigenvalue weighted by atomic mass is 16.5. The smallest absolute Gasteiger partial charge is 0.256 e. The zero-order chi connectivity index (χ0) is 14.5. The molecular weight excluding hydrogens is 260 g/mol. The molecule has 0 aliphatic heterocycles. The maximum Gasteiger partial charge on any atom is 0.256 e. The predicted octanol–water partition coefficient (Wildman–Crippen LogP) is 1.03. The van der Waals surface area contributed by atoms with Crippen LogP contribution in [0.25, 0.3) is 0 Å². The van der Waals surface area contributed by atoms with Crippen LogP contribution in [0.4, 0.5) is 0 Å². The quantitative estimate of drug-likeness (QED) is 0.854. The second-order valence-electron chi connectivity index (χ2n) is 4.66. The van der Waals surface area contributed by atoms with Gasteiger partial charge in [-0.3, -0.25) is 9.36 Å². The standard InChI is InChI=1S/C14H18N2O4/c1-10-11(2)15-9-16(14(10)18)6-12(17)7-19-8-13-4-3-5-20-13/h3-5,9,12,17H,6-8H2,1-2H3/t12-/m0/s1. The Kier molecular flexibility index (Phi) is 4.70. The molecule has 6 nitrogen and oxygen atoms in total. The summed E-state index contributed by atoms with van der Waals surface area (Å²) in [5.41, 5.74) is 1.16. The number of hydrogen-bond donors (Lipinski definition) is 1. The maximum absolute atomic E-state index is 11.9. The van der Waals surface area contributed by atoms with E-state index >= 15 is 0 Å². The molecule has 0 aliphatic carbocycles. The molecular formula is C14H18N2O4. The molecule has 2 heterocycles. The van der Waals surface area contributed by atoms with Crippen LogP contribution in [-0.4, -0.2) is 27.4 Å². The van der Waals surface area contributed by atoms with Gasteiger partial charge in [0, 0.05) is 11.3 Å². The number of ether oxygens (including phenoxy) is 1. The van der Waals surface area contributed by atoms with Crippen LogP contribution in [0.1, 0.15) is 17.0 Å². The summed E-state index contributed by atoms with van der Waals surface area (Å²) in [6.07, 6.45) is 2.24. The third kappa shape index (κ3) is 3.55. The molecule has 0 fully saturated rings. The van der Waals surface area contributed by atoms with Crippen LogP contribution in [0, 0.1) is 13.8 Å². The summed E-state index contributed by atoms with van der Waals surface area (Å²) in [5, 5.41) is 9.87. The SMILES string of the molecule is Cc1ncn(C[C@H](O)COCc2ccco2)c(=O)c1C. The maximum atomic E-state index is 11.9. The van der Waals surface area contributed by atoms with E-state index in [-0.39, 0.29) is 18.7 Å². The predicted molar refractivity (Wildman–Crippen MR) is 72.3 cm³/mol. The van der Waals surface area contributed by atoms with Gasteiger partial charge in [0.25, 0.3) is 5.56 Å². The lowest BCUT2D eigenvalue weighted by Crippen LogP contribution is -2.31. The van der Waals surface area contributed by atoms with E-state index in [1.165, 1.54) is 10.9 Å². The number of rotatable bonds is 6. The van der Waals surface area contributed by atoms with Crippen molar-refractivity contribution in [3.63, 3.8) is 0 Å². The molecule has 108 valence electrons. The first-order valence-electron chi connectivity index (χ1n) is 6.38. The van der Waals surface area contributed by atoms with Crippen molar-refractivity contribution in [3.05, 3.63) is 52.1 Å². The summed E-state index contributed by atoms with van der Waals surface area (Å²) >= 11 is 0. The van der Waals surface area contributed by atoms with E-state index < -0.39 is 6.10 Å². The normalized spacial score (nSPS) is 12.6. The minimum Gasteiger partial charge on any atom is -0.467 e. The Morgan fingerprint density at radius 1 is 1.50 bits per heavy atom. The van der Waals surface area contributed by atoms with E-state index in [1.54, 1.807) is 32.2 Å². The number of aromatic nitrogens is 2. The summed E-state index contributed by atoms with van der Waals surface area (Å²) in [7, 11) is 0. The second kappa shape index (κ2) is 6.49. The minimum absolute atomic E-state index is 0.125. The molecule has 0 radical (unpaired) electrons. The Balaban J connectivity index is 1.87. The van der Waals surface area contributed by atoms with Crippen LogP contribution in [0.3, 0.4) is 0 Å². The average molecular weight is 278 g/mol. The fourth-order valence-corrected chi connectivity index (χ4v) is 1.78. The third-order valence-electron chi connectivity index (χ3n) is 3.06. The van der Waals surface area contributed by atoms with E-state index in [0.29, 0.717) is 23.6 Å². The number of nitrogens with zero attached hydrogens (tertiary/aromatic N) is 2. The van der Waals surface area contributed by atoms with Gasteiger partial charge in [-0.25, -0.2) is 4.98 Å². The average Bonchev–Trinajstić information content (AvgIpc) is 2.93. The van der Waals surface area contributed by atoms with Crippen molar-refractivity contribution in [2.75, 3.05) is 6.61 Å². The first-order valence-corrected chi connectivity index (χ1v) is 6.38. The summed E-state index contributed by atoms with van der Waals surface area (Å²) < 4.78 is 11.8. The second-order valence-corrected chi connectivity index (χ2v) is 4.66. The summed E-state index contributed by atoms with van der Waals surface area (Å²) in [6.45, 7) is 4.08. The molecule has 20 heavy (non-hydrogen) atoms. The van der Waals surface area contributed by atoms with Gasteiger partial charge in [-0.05, 0) is 26.0 Å². The summed E-state index contributed by atoms with van der Waals surface area (Å²) in [4.78, 5) is 16.1. The number of furan rings is 1. The highest BCUT2D eigenvalue weighted by Gasteiger charge is 2.10. The Labute approximate surface area is 116 Å². The molecule has 0 saturated heterocycles. The molecule has 2 rings (SSSR count). The fourth-order valence-electron chi connectivity index (χ4n) is 1.78. The number of aliphatic hydroxyl groups is 1. The lowest BCUT2D eigenvalue weighted by molar-refractivity contribution is 0.0141. The van der Waals surface area contributed by atoms with Crippen LogP contribution in [0.15, 0.2) is 33.9 Å². The third-order valence-corrected chi connectivity index (χ3v) is 3.06. The molecule has 0 bridgehead atoms. The highest BCUT2D eigenvalue weighted by molar-refractivity contribution is 5.12. The van der Waals surface area contributed by atoms with Crippen LogP contribution in [0.2, 0.25) is 0 Å². The molecule has 0 aliphatic rings. The van der Waals surface area contributed by atoms with E-state index in [2.05, 4.69) is 4.98 Å². The van der Waals surface area contributed by atoms with E-state index in [0.717, 1.165) is 0 Å². The lowest BCUT2D eigenvalue weighted by Gasteiger charge is -2.13. The number of hydrogen-bond acceptors (Lipinski definition) is 5. The molecule has 0 amide bonds. The van der Waals surface area contributed by atoms with Crippen molar-refractivity contribution in [1.82, 2.24) is 9.55 Å². The zero-order valence-corrected chi connectivity index (χ0v) is 11.6. The van der Waals surface area contributed by atoms with Crippen LogP contribution in [0.5, 0.6) is 0 Å². The van der Waals surface area contributed by atoms with Crippen molar-refractivity contribution in [2.45, 2.75) is 33.1 Å². The molecule has 0 aromatic carbocycles. The highest BCUT2D eigenvalue weighted by Crippen LogP contribution is 2.03. The Bertz CT molecular complexity index is 604. The molecule has 2 aromatic heterocycles. The first kappa shape index (κ1) is 14.5. The van der Waals surface area contributed by atoms with Gasteiger partial charge < -0.3 is 14.3 Å². The summed E-state index contributed by atoms with van der Waals surface area (Å²) in [5.74, 6) is 0.696. The van der Waals surface area contributed by atoms with Crippen molar-refractivity contribution in [3.8, 4) is 0 Å². The largest absolute Gasteiger partial charge is 0.467 e. The van der Waals surface area contributed by atoms with Gasteiger partial charge >= 0.3 is 0 Å².